The van der Waals surface area contributed by atoms with Gasteiger partial charge in [0.25, 0.3) is 0 Å². The molecule has 2 aromatic rings. The fourth-order valence-corrected chi connectivity index (χ4v) is 2.29. The van der Waals surface area contributed by atoms with Crippen LogP contribution < -0.4 is 10.1 Å². The van der Waals surface area contributed by atoms with Gasteiger partial charge in [0.15, 0.2) is 0 Å². The number of pyridine rings is 1. The van der Waals surface area contributed by atoms with Crippen LogP contribution in [-0.4, -0.2) is 18.6 Å². The molecule has 2 rings (SSSR count). The molecule has 0 fully saturated rings. The molecule has 1 heterocycles. The zero-order valence-electron chi connectivity index (χ0n) is 12.4. The molecule has 0 aliphatic rings. The minimum absolute atomic E-state index is 0.317. The number of hydrogen-bond donors (Lipinski definition) is 1. The number of hydrogen-bond acceptors (Lipinski definition) is 3. The lowest BCUT2D eigenvalue weighted by Crippen LogP contribution is -2.19. The largest absolute Gasteiger partial charge is 0.495 e. The summed E-state index contributed by atoms with van der Waals surface area (Å²) in [5, 5.41) is 3.54. The summed E-state index contributed by atoms with van der Waals surface area (Å²) in [5.41, 5.74) is 3.58. The summed E-state index contributed by atoms with van der Waals surface area (Å²) in [6, 6.07) is 10.8. The number of benzene rings is 1. The van der Waals surface area contributed by atoms with Gasteiger partial charge in [-0.2, -0.15) is 0 Å². The third-order valence-corrected chi connectivity index (χ3v) is 3.39. The Labute approximate surface area is 121 Å². The molecule has 1 atom stereocenters. The zero-order valence-corrected chi connectivity index (χ0v) is 12.4. The van der Waals surface area contributed by atoms with Crippen molar-refractivity contribution in [1.29, 1.82) is 0 Å². The van der Waals surface area contributed by atoms with Gasteiger partial charge in [0.2, 0.25) is 0 Å². The Bertz CT molecular complexity index is 554. The van der Waals surface area contributed by atoms with E-state index >= 15 is 0 Å². The van der Waals surface area contributed by atoms with Gasteiger partial charge in [0.05, 0.1) is 13.3 Å². The molecule has 0 amide bonds. The van der Waals surface area contributed by atoms with E-state index in [1.54, 1.807) is 13.3 Å². The predicted octanol–water partition coefficient (Wildman–Crippen LogP) is 3.82. The van der Waals surface area contributed by atoms with Crippen molar-refractivity contribution in [2.24, 2.45) is 0 Å². The second-order valence-electron chi connectivity index (χ2n) is 4.88. The van der Waals surface area contributed by atoms with Crippen molar-refractivity contribution in [3.8, 4) is 16.9 Å². The summed E-state index contributed by atoms with van der Waals surface area (Å²) < 4.78 is 5.26. The first-order valence-electron chi connectivity index (χ1n) is 7.08. The summed E-state index contributed by atoms with van der Waals surface area (Å²) in [6.45, 7) is 5.39. The van der Waals surface area contributed by atoms with Crippen LogP contribution in [0.15, 0.2) is 42.7 Å². The minimum Gasteiger partial charge on any atom is -0.495 e. The maximum Gasteiger partial charge on any atom is 0.137 e. The first kappa shape index (κ1) is 14.5. The number of methoxy groups -OCH3 is 1. The lowest BCUT2D eigenvalue weighted by molar-refractivity contribution is 0.413. The molecule has 0 aliphatic carbocycles. The summed E-state index contributed by atoms with van der Waals surface area (Å²) in [7, 11) is 1.66. The van der Waals surface area contributed by atoms with Crippen molar-refractivity contribution in [3.05, 3.63) is 48.3 Å². The summed E-state index contributed by atoms with van der Waals surface area (Å²) >= 11 is 0. The highest BCUT2D eigenvalue weighted by molar-refractivity contribution is 5.68. The van der Waals surface area contributed by atoms with Crippen LogP contribution in [0.5, 0.6) is 5.75 Å². The van der Waals surface area contributed by atoms with Crippen LogP contribution in [-0.2, 0) is 0 Å². The van der Waals surface area contributed by atoms with Gasteiger partial charge < -0.3 is 10.1 Å². The third kappa shape index (κ3) is 3.36. The van der Waals surface area contributed by atoms with Crippen LogP contribution >= 0.6 is 0 Å². The van der Waals surface area contributed by atoms with Crippen LogP contribution in [0.2, 0.25) is 0 Å². The Morgan fingerprint density at radius 2 is 2.05 bits per heavy atom. The molecular weight excluding hydrogens is 248 g/mol. The standard InChI is InChI=1S/C17H22N2O/c1-4-9-19-13(2)16-7-5-6-8-17(16)14-10-15(20-3)12-18-11-14/h5-8,10-13,19H,4,9H2,1-3H3. The van der Waals surface area contributed by atoms with E-state index in [0.29, 0.717) is 6.04 Å². The Hall–Kier alpha value is -1.87. The van der Waals surface area contributed by atoms with Crippen molar-refractivity contribution in [2.75, 3.05) is 13.7 Å². The SMILES string of the molecule is CCCNC(C)c1ccccc1-c1cncc(OC)c1. The highest BCUT2D eigenvalue weighted by atomic mass is 16.5. The highest BCUT2D eigenvalue weighted by Gasteiger charge is 2.11. The molecule has 0 aliphatic heterocycles. The van der Waals surface area contributed by atoms with E-state index in [4.69, 9.17) is 4.74 Å². The molecule has 3 nitrogen and oxygen atoms in total. The Morgan fingerprint density at radius 1 is 1.25 bits per heavy atom. The molecule has 1 aromatic heterocycles. The highest BCUT2D eigenvalue weighted by Crippen LogP contribution is 2.29. The number of rotatable bonds is 6. The summed E-state index contributed by atoms with van der Waals surface area (Å²) in [6.07, 6.45) is 4.74. The zero-order chi connectivity index (χ0) is 14.4. The fourth-order valence-electron chi connectivity index (χ4n) is 2.29. The van der Waals surface area contributed by atoms with Crippen molar-refractivity contribution in [1.82, 2.24) is 10.3 Å². The van der Waals surface area contributed by atoms with Gasteiger partial charge in [0, 0.05) is 17.8 Å². The molecule has 3 heteroatoms. The predicted molar refractivity (Wildman–Crippen MR) is 82.9 cm³/mol. The van der Waals surface area contributed by atoms with E-state index < -0.39 is 0 Å². The Kier molecular flexibility index (Phi) is 5.13. The first-order chi connectivity index (χ1) is 9.76. The normalized spacial score (nSPS) is 12.2. The van der Waals surface area contributed by atoms with Gasteiger partial charge in [-0.25, -0.2) is 0 Å². The van der Waals surface area contributed by atoms with Crippen LogP contribution in [0.1, 0.15) is 31.9 Å². The number of ether oxygens (including phenoxy) is 1. The van der Waals surface area contributed by atoms with E-state index in [1.807, 2.05) is 12.3 Å². The van der Waals surface area contributed by atoms with Gasteiger partial charge in [0.1, 0.15) is 5.75 Å². The molecule has 1 unspecified atom stereocenters. The first-order valence-corrected chi connectivity index (χ1v) is 7.08. The second kappa shape index (κ2) is 7.06. The molecule has 0 spiro atoms. The van der Waals surface area contributed by atoms with E-state index in [1.165, 1.54) is 11.1 Å². The molecule has 0 bridgehead atoms. The molecule has 20 heavy (non-hydrogen) atoms. The third-order valence-electron chi connectivity index (χ3n) is 3.39. The number of aromatic nitrogens is 1. The molecule has 0 radical (unpaired) electrons. The molecule has 106 valence electrons. The average Bonchev–Trinajstić information content (AvgIpc) is 2.52. The van der Waals surface area contributed by atoms with Crippen molar-refractivity contribution in [3.63, 3.8) is 0 Å². The van der Waals surface area contributed by atoms with Crippen LogP contribution in [0.25, 0.3) is 11.1 Å². The number of nitrogens with zero attached hydrogens (tertiary/aromatic N) is 1. The maximum atomic E-state index is 5.26. The van der Waals surface area contributed by atoms with Crippen molar-refractivity contribution >= 4 is 0 Å². The maximum absolute atomic E-state index is 5.26. The van der Waals surface area contributed by atoms with Gasteiger partial charge in [-0.05, 0) is 37.1 Å². The van der Waals surface area contributed by atoms with E-state index in [2.05, 4.69) is 48.4 Å². The molecule has 0 saturated heterocycles. The minimum atomic E-state index is 0.317. The number of nitrogens with one attached hydrogen (secondary N) is 1. The second-order valence-corrected chi connectivity index (χ2v) is 4.88. The quantitative estimate of drug-likeness (QED) is 0.866. The van der Waals surface area contributed by atoms with E-state index in [9.17, 15) is 0 Å². The Morgan fingerprint density at radius 3 is 2.80 bits per heavy atom. The van der Waals surface area contributed by atoms with E-state index in [-0.39, 0.29) is 0 Å². The van der Waals surface area contributed by atoms with Crippen molar-refractivity contribution in [2.45, 2.75) is 26.3 Å². The van der Waals surface area contributed by atoms with Crippen LogP contribution in [0, 0.1) is 0 Å². The lowest BCUT2D eigenvalue weighted by Gasteiger charge is -2.18. The van der Waals surface area contributed by atoms with E-state index in [0.717, 1.165) is 24.3 Å². The fraction of sp³-hybridized carbons (Fsp3) is 0.353. The molecule has 1 aromatic carbocycles. The molecule has 0 saturated carbocycles. The summed E-state index contributed by atoms with van der Waals surface area (Å²) in [5.74, 6) is 0.784. The van der Waals surface area contributed by atoms with Gasteiger partial charge >= 0.3 is 0 Å². The smallest absolute Gasteiger partial charge is 0.137 e. The molecule has 1 N–H and O–H groups in total. The lowest BCUT2D eigenvalue weighted by atomic mass is 9.96. The van der Waals surface area contributed by atoms with Gasteiger partial charge in [-0.1, -0.05) is 31.2 Å². The van der Waals surface area contributed by atoms with Gasteiger partial charge in [-0.15, -0.1) is 0 Å². The monoisotopic (exact) mass is 270 g/mol. The van der Waals surface area contributed by atoms with Crippen LogP contribution in [0.4, 0.5) is 0 Å². The summed E-state index contributed by atoms with van der Waals surface area (Å²) in [4.78, 5) is 4.25. The Balaban J connectivity index is 2.35. The van der Waals surface area contributed by atoms with Crippen LogP contribution in [0.3, 0.4) is 0 Å². The van der Waals surface area contributed by atoms with Gasteiger partial charge in [-0.3, -0.25) is 4.98 Å². The average molecular weight is 270 g/mol. The molecular formula is C17H22N2O. The topological polar surface area (TPSA) is 34.2 Å². The van der Waals surface area contributed by atoms with Crippen molar-refractivity contribution < 1.29 is 4.74 Å².